The van der Waals surface area contributed by atoms with Crippen LogP contribution in [0.2, 0.25) is 0 Å². The van der Waals surface area contributed by atoms with E-state index in [-0.39, 0.29) is 17.7 Å². The van der Waals surface area contributed by atoms with Gasteiger partial charge in [0.25, 0.3) is 5.91 Å². The molecular formula is C27H30N4O5. The molecule has 0 unspecified atom stereocenters. The van der Waals surface area contributed by atoms with E-state index < -0.39 is 0 Å². The van der Waals surface area contributed by atoms with Crippen LogP contribution in [0.5, 0.6) is 11.5 Å². The zero-order chi connectivity index (χ0) is 24.9. The first-order chi connectivity index (χ1) is 17.6. The van der Waals surface area contributed by atoms with Gasteiger partial charge in [-0.05, 0) is 49.6 Å². The number of methoxy groups -OCH3 is 1. The number of carbonyl (C=O) groups excluding carboxylic acids is 2. The number of nitrogens with one attached hydrogen (secondary N) is 1. The van der Waals surface area contributed by atoms with Gasteiger partial charge in [0.15, 0.2) is 11.5 Å². The van der Waals surface area contributed by atoms with Gasteiger partial charge in [-0.2, -0.15) is 5.10 Å². The van der Waals surface area contributed by atoms with Crippen molar-refractivity contribution in [3.05, 3.63) is 66.0 Å². The number of anilines is 1. The van der Waals surface area contributed by atoms with Crippen LogP contribution in [0.1, 0.15) is 35.2 Å². The zero-order valence-corrected chi connectivity index (χ0v) is 20.3. The molecule has 2 amide bonds. The van der Waals surface area contributed by atoms with Gasteiger partial charge >= 0.3 is 0 Å². The molecule has 3 heterocycles. The predicted molar refractivity (Wildman–Crippen MR) is 134 cm³/mol. The van der Waals surface area contributed by atoms with Crippen LogP contribution in [0.25, 0.3) is 5.69 Å². The van der Waals surface area contributed by atoms with Crippen molar-refractivity contribution in [2.24, 2.45) is 5.92 Å². The molecule has 9 heteroatoms. The molecule has 0 saturated carbocycles. The van der Waals surface area contributed by atoms with Crippen molar-refractivity contribution in [3.63, 3.8) is 0 Å². The molecule has 2 aliphatic heterocycles. The van der Waals surface area contributed by atoms with Crippen molar-refractivity contribution in [2.75, 3.05) is 38.8 Å². The number of hydrogen-bond acceptors (Lipinski definition) is 6. The van der Waals surface area contributed by atoms with Crippen LogP contribution >= 0.6 is 0 Å². The normalized spacial score (nSPS) is 16.3. The Hall–Kier alpha value is -3.85. The number of fused-ring (bicyclic) bond motifs is 1. The van der Waals surface area contributed by atoms with E-state index in [2.05, 4.69) is 10.4 Å². The lowest BCUT2D eigenvalue weighted by Gasteiger charge is -2.27. The SMILES string of the molecule is COc1cccc2c1OCCCN(C(=O)c1ccc(-n3cc(NC(=O)C4CCOCC4)cn3)cc1)C2. The Kier molecular flexibility index (Phi) is 7.18. The summed E-state index contributed by atoms with van der Waals surface area (Å²) in [5.41, 5.74) is 2.97. The Morgan fingerprint density at radius 3 is 2.67 bits per heavy atom. The summed E-state index contributed by atoms with van der Waals surface area (Å²) in [5.74, 6) is 1.30. The lowest BCUT2D eigenvalue weighted by atomic mass is 9.99. The van der Waals surface area contributed by atoms with Gasteiger partial charge in [-0.1, -0.05) is 12.1 Å². The van der Waals surface area contributed by atoms with E-state index in [1.165, 1.54) is 0 Å². The van der Waals surface area contributed by atoms with Gasteiger partial charge in [-0.3, -0.25) is 9.59 Å². The highest BCUT2D eigenvalue weighted by Crippen LogP contribution is 2.33. The average Bonchev–Trinajstić information content (AvgIpc) is 3.37. The van der Waals surface area contributed by atoms with Crippen molar-refractivity contribution in [2.45, 2.75) is 25.8 Å². The van der Waals surface area contributed by atoms with Crippen LogP contribution < -0.4 is 14.8 Å². The van der Waals surface area contributed by atoms with Gasteiger partial charge in [-0.25, -0.2) is 4.68 Å². The minimum absolute atomic E-state index is 0.00311. The van der Waals surface area contributed by atoms with Crippen molar-refractivity contribution < 1.29 is 23.8 Å². The number of rotatable bonds is 5. The van der Waals surface area contributed by atoms with Gasteiger partial charge in [0, 0.05) is 43.3 Å². The molecule has 9 nitrogen and oxygen atoms in total. The van der Waals surface area contributed by atoms with Gasteiger partial charge in [0.1, 0.15) is 0 Å². The van der Waals surface area contributed by atoms with E-state index in [1.54, 1.807) is 36.3 Å². The average molecular weight is 491 g/mol. The quantitative estimate of drug-likeness (QED) is 0.587. The van der Waals surface area contributed by atoms with Gasteiger partial charge in [0.2, 0.25) is 5.91 Å². The summed E-state index contributed by atoms with van der Waals surface area (Å²) >= 11 is 0. The Labute approximate surface area is 209 Å². The molecule has 1 saturated heterocycles. The number of carbonyl (C=O) groups is 2. The summed E-state index contributed by atoms with van der Waals surface area (Å²) < 4.78 is 18.4. The number of ether oxygens (including phenoxy) is 3. The lowest BCUT2D eigenvalue weighted by molar-refractivity contribution is -0.122. The molecule has 0 aliphatic carbocycles. The first-order valence-corrected chi connectivity index (χ1v) is 12.2. The third-order valence-corrected chi connectivity index (χ3v) is 6.57. The fraction of sp³-hybridized carbons (Fsp3) is 0.370. The second-order valence-electron chi connectivity index (χ2n) is 8.97. The molecule has 3 aromatic rings. The number of nitrogens with zero attached hydrogens (tertiary/aromatic N) is 3. The highest BCUT2D eigenvalue weighted by Gasteiger charge is 2.23. The predicted octanol–water partition coefficient (Wildman–Crippen LogP) is 3.67. The van der Waals surface area contributed by atoms with Gasteiger partial charge in [-0.15, -0.1) is 0 Å². The molecule has 0 atom stereocenters. The number of hydrogen-bond donors (Lipinski definition) is 1. The third-order valence-electron chi connectivity index (χ3n) is 6.57. The summed E-state index contributed by atoms with van der Waals surface area (Å²) in [6.45, 7) is 2.81. The number of para-hydroxylation sites is 1. The second kappa shape index (κ2) is 10.8. The molecule has 188 valence electrons. The molecule has 1 N–H and O–H groups in total. The van der Waals surface area contributed by atoms with E-state index >= 15 is 0 Å². The molecule has 36 heavy (non-hydrogen) atoms. The summed E-state index contributed by atoms with van der Waals surface area (Å²) in [7, 11) is 1.62. The molecule has 1 fully saturated rings. The van der Waals surface area contributed by atoms with E-state index in [4.69, 9.17) is 14.2 Å². The van der Waals surface area contributed by atoms with Crippen LogP contribution in [0.15, 0.2) is 54.9 Å². The maximum Gasteiger partial charge on any atom is 0.254 e. The molecule has 1 aromatic heterocycles. The van der Waals surface area contributed by atoms with E-state index in [1.807, 2.05) is 35.2 Å². The number of amides is 2. The van der Waals surface area contributed by atoms with E-state index in [0.717, 1.165) is 30.5 Å². The number of aromatic nitrogens is 2. The first kappa shape index (κ1) is 23.9. The minimum atomic E-state index is -0.0397. The molecule has 2 aliphatic rings. The molecule has 0 radical (unpaired) electrons. The highest BCUT2D eigenvalue weighted by molar-refractivity contribution is 5.94. The van der Waals surface area contributed by atoms with Crippen molar-refractivity contribution in [1.29, 1.82) is 0 Å². The Bertz CT molecular complexity index is 1220. The Balaban J connectivity index is 1.26. The van der Waals surface area contributed by atoms with Crippen LogP contribution in [0.3, 0.4) is 0 Å². The molecule has 0 bridgehead atoms. The fourth-order valence-electron chi connectivity index (χ4n) is 4.57. The molecule has 2 aromatic carbocycles. The molecule has 0 spiro atoms. The monoisotopic (exact) mass is 490 g/mol. The number of benzene rings is 2. The first-order valence-electron chi connectivity index (χ1n) is 12.2. The minimum Gasteiger partial charge on any atom is -0.493 e. The van der Waals surface area contributed by atoms with Gasteiger partial charge < -0.3 is 24.4 Å². The van der Waals surface area contributed by atoms with E-state index in [0.29, 0.717) is 55.7 Å². The largest absolute Gasteiger partial charge is 0.493 e. The summed E-state index contributed by atoms with van der Waals surface area (Å²) in [4.78, 5) is 27.6. The van der Waals surface area contributed by atoms with Crippen LogP contribution in [-0.4, -0.2) is 60.0 Å². The third kappa shape index (κ3) is 5.21. The highest BCUT2D eigenvalue weighted by atomic mass is 16.5. The van der Waals surface area contributed by atoms with Gasteiger partial charge in [0.05, 0.1) is 37.5 Å². The Morgan fingerprint density at radius 2 is 1.89 bits per heavy atom. The maximum atomic E-state index is 13.3. The standard InChI is InChI=1S/C27H30N4O5/c1-34-24-5-2-4-21-17-30(12-3-13-36-25(21)24)27(33)20-6-8-23(9-7-20)31-18-22(16-28-31)29-26(32)19-10-14-35-15-11-19/h2,4-9,16,18-19H,3,10-15,17H2,1H3,(H,29,32). The van der Waals surface area contributed by atoms with Crippen molar-refractivity contribution in [1.82, 2.24) is 14.7 Å². The van der Waals surface area contributed by atoms with Crippen LogP contribution in [0.4, 0.5) is 5.69 Å². The van der Waals surface area contributed by atoms with E-state index in [9.17, 15) is 9.59 Å². The molecular weight excluding hydrogens is 460 g/mol. The fourth-order valence-corrected chi connectivity index (χ4v) is 4.57. The zero-order valence-electron chi connectivity index (χ0n) is 20.3. The Morgan fingerprint density at radius 1 is 1.08 bits per heavy atom. The summed E-state index contributed by atoms with van der Waals surface area (Å²) in [6.07, 6.45) is 5.61. The second-order valence-corrected chi connectivity index (χ2v) is 8.97. The molecule has 5 rings (SSSR count). The van der Waals surface area contributed by atoms with Crippen molar-refractivity contribution >= 4 is 17.5 Å². The maximum absolute atomic E-state index is 13.3. The summed E-state index contributed by atoms with van der Waals surface area (Å²) in [6, 6.07) is 13.1. The topological polar surface area (TPSA) is 94.9 Å². The van der Waals surface area contributed by atoms with Crippen molar-refractivity contribution in [3.8, 4) is 17.2 Å². The smallest absolute Gasteiger partial charge is 0.254 e. The van der Waals surface area contributed by atoms with Crippen LogP contribution in [0, 0.1) is 5.92 Å². The van der Waals surface area contributed by atoms with Crippen LogP contribution in [-0.2, 0) is 16.1 Å². The lowest BCUT2D eigenvalue weighted by Crippen LogP contribution is -2.33. The summed E-state index contributed by atoms with van der Waals surface area (Å²) in [5, 5.41) is 7.31.